The van der Waals surface area contributed by atoms with Crippen molar-refractivity contribution in [2.75, 3.05) is 40.3 Å². The van der Waals surface area contributed by atoms with Crippen molar-refractivity contribution in [2.45, 2.75) is 18.5 Å². The van der Waals surface area contributed by atoms with Crippen LogP contribution in [0.2, 0.25) is 0 Å². The lowest BCUT2D eigenvalue weighted by atomic mass is 9.89. The van der Waals surface area contributed by atoms with Crippen LogP contribution in [0.4, 0.5) is 0 Å². The van der Waals surface area contributed by atoms with Gasteiger partial charge in [-0.3, -0.25) is 4.90 Å². The molecule has 5 nitrogen and oxygen atoms in total. The van der Waals surface area contributed by atoms with E-state index in [1.807, 2.05) is 30.3 Å². The van der Waals surface area contributed by atoms with Crippen LogP contribution >= 0.6 is 0 Å². The van der Waals surface area contributed by atoms with Crippen LogP contribution in [0.3, 0.4) is 0 Å². The summed E-state index contributed by atoms with van der Waals surface area (Å²) in [5.74, 6) is -0.389. The molecule has 1 heterocycles. The van der Waals surface area contributed by atoms with Gasteiger partial charge in [0.05, 0.1) is 7.11 Å². The minimum atomic E-state index is -1.12. The van der Waals surface area contributed by atoms with E-state index >= 15 is 0 Å². The van der Waals surface area contributed by atoms with Gasteiger partial charge in [-0.15, -0.1) is 0 Å². The Bertz CT molecular complexity index is 480. The van der Waals surface area contributed by atoms with Crippen LogP contribution in [0, 0.1) is 0 Å². The molecular weight excluding hydrogens is 266 g/mol. The topological polar surface area (TPSA) is 58.8 Å². The highest BCUT2D eigenvalue weighted by molar-refractivity contribution is 5.82. The third kappa shape index (κ3) is 3.43. The van der Waals surface area contributed by atoms with E-state index in [9.17, 15) is 4.79 Å². The van der Waals surface area contributed by atoms with Gasteiger partial charge >= 0.3 is 5.97 Å². The highest BCUT2D eigenvalue weighted by atomic mass is 16.5. The van der Waals surface area contributed by atoms with Crippen molar-refractivity contribution in [3.8, 4) is 0 Å². The molecule has 0 spiro atoms. The molecule has 0 aromatic heterocycles. The number of hydrogen-bond acceptors (Lipinski definition) is 5. The average molecular weight is 291 g/mol. The molecule has 0 saturated carbocycles. The number of methoxy groups -OCH3 is 1. The molecule has 1 saturated heterocycles. The first-order valence-corrected chi connectivity index (χ1v) is 7.33. The van der Waals surface area contributed by atoms with Gasteiger partial charge in [0, 0.05) is 32.2 Å². The maximum Gasteiger partial charge on any atom is 0.331 e. The molecule has 0 amide bonds. The van der Waals surface area contributed by atoms with Crippen LogP contribution in [0.15, 0.2) is 30.3 Å². The molecule has 116 valence electrons. The highest BCUT2D eigenvalue weighted by Gasteiger charge is 2.40. The van der Waals surface area contributed by atoms with Gasteiger partial charge in [-0.05, 0) is 19.5 Å². The summed E-state index contributed by atoms with van der Waals surface area (Å²) in [5.41, 5.74) is 6.14. The minimum absolute atomic E-state index is 0.361. The molecule has 2 unspecified atom stereocenters. The molecule has 0 aliphatic carbocycles. The number of rotatable bonds is 4. The van der Waals surface area contributed by atoms with Gasteiger partial charge in [-0.2, -0.15) is 0 Å². The number of carbonyl (C=O) groups excluding carboxylic acids is 1. The van der Waals surface area contributed by atoms with E-state index in [0.717, 1.165) is 25.2 Å². The van der Waals surface area contributed by atoms with Crippen LogP contribution in [-0.4, -0.2) is 62.1 Å². The van der Waals surface area contributed by atoms with Gasteiger partial charge < -0.3 is 15.4 Å². The van der Waals surface area contributed by atoms with Crippen LogP contribution < -0.4 is 5.73 Å². The van der Waals surface area contributed by atoms with Crippen molar-refractivity contribution in [1.82, 2.24) is 9.80 Å². The summed E-state index contributed by atoms with van der Waals surface area (Å²) in [4.78, 5) is 16.9. The normalized spacial score (nSPS) is 23.5. The number of nitrogens with zero attached hydrogens (tertiary/aromatic N) is 2. The van der Waals surface area contributed by atoms with Crippen molar-refractivity contribution < 1.29 is 9.53 Å². The van der Waals surface area contributed by atoms with Gasteiger partial charge in [0.25, 0.3) is 0 Å². The summed E-state index contributed by atoms with van der Waals surface area (Å²) in [7, 11) is 3.50. The summed E-state index contributed by atoms with van der Waals surface area (Å²) >= 11 is 0. The smallest absolute Gasteiger partial charge is 0.331 e. The molecule has 0 radical (unpaired) electrons. The standard InChI is InChI=1S/C16H25N3O2/c1-13-11-18(2)9-10-19(13)12-16(17,15(20)21-3)14-7-5-4-6-8-14/h4-8,13H,9-12,17H2,1-3H3. The number of ether oxygens (including phenoxy) is 1. The third-order valence-corrected chi connectivity index (χ3v) is 4.26. The minimum Gasteiger partial charge on any atom is -0.467 e. The Balaban J connectivity index is 2.23. The quantitative estimate of drug-likeness (QED) is 0.826. The third-order valence-electron chi connectivity index (χ3n) is 4.26. The van der Waals surface area contributed by atoms with E-state index in [0.29, 0.717) is 12.6 Å². The molecule has 5 heteroatoms. The fourth-order valence-corrected chi connectivity index (χ4v) is 2.92. The van der Waals surface area contributed by atoms with Gasteiger partial charge in [0.1, 0.15) is 0 Å². The molecule has 2 atom stereocenters. The zero-order chi connectivity index (χ0) is 15.5. The van der Waals surface area contributed by atoms with Gasteiger partial charge in [-0.1, -0.05) is 30.3 Å². The zero-order valence-electron chi connectivity index (χ0n) is 13.1. The van der Waals surface area contributed by atoms with E-state index in [1.165, 1.54) is 7.11 Å². The lowest BCUT2D eigenvalue weighted by Gasteiger charge is -2.42. The van der Waals surface area contributed by atoms with Crippen molar-refractivity contribution in [3.63, 3.8) is 0 Å². The predicted molar refractivity (Wildman–Crippen MR) is 82.9 cm³/mol. The number of piperazine rings is 1. The fraction of sp³-hybridized carbons (Fsp3) is 0.562. The Kier molecular flexibility index (Phi) is 4.98. The molecule has 0 bridgehead atoms. The number of nitrogens with two attached hydrogens (primary N) is 1. The summed E-state index contributed by atoms with van der Waals surface area (Å²) in [5, 5.41) is 0. The molecule has 2 rings (SSSR count). The van der Waals surface area contributed by atoms with Crippen molar-refractivity contribution in [1.29, 1.82) is 0 Å². The average Bonchev–Trinajstić information content (AvgIpc) is 2.50. The van der Waals surface area contributed by atoms with Crippen LogP contribution in [0.25, 0.3) is 0 Å². The Labute approximate surface area is 126 Å². The van der Waals surface area contributed by atoms with Crippen molar-refractivity contribution >= 4 is 5.97 Å². The number of hydrogen-bond donors (Lipinski definition) is 1. The molecule has 1 aliphatic heterocycles. The van der Waals surface area contributed by atoms with Crippen LogP contribution in [0.1, 0.15) is 12.5 Å². The monoisotopic (exact) mass is 291 g/mol. The Hall–Kier alpha value is -1.43. The number of benzene rings is 1. The van der Waals surface area contributed by atoms with Crippen molar-refractivity contribution in [3.05, 3.63) is 35.9 Å². The summed E-state index contributed by atoms with van der Waals surface area (Å²) in [6, 6.07) is 9.84. The highest BCUT2D eigenvalue weighted by Crippen LogP contribution is 2.23. The lowest BCUT2D eigenvalue weighted by Crippen LogP contribution is -2.59. The summed E-state index contributed by atoms with van der Waals surface area (Å²) in [6.45, 7) is 5.50. The van der Waals surface area contributed by atoms with Gasteiger partial charge in [-0.25, -0.2) is 4.79 Å². The Morgan fingerprint density at radius 3 is 2.62 bits per heavy atom. The fourth-order valence-electron chi connectivity index (χ4n) is 2.92. The molecule has 2 N–H and O–H groups in total. The number of likely N-dealkylation sites (N-methyl/N-ethyl adjacent to an activating group) is 1. The SMILES string of the molecule is COC(=O)C(N)(CN1CCN(C)CC1C)c1ccccc1. The number of carbonyl (C=O) groups is 1. The Morgan fingerprint density at radius 1 is 1.38 bits per heavy atom. The van der Waals surface area contributed by atoms with Crippen molar-refractivity contribution in [2.24, 2.45) is 5.73 Å². The molecule has 1 aromatic carbocycles. The number of esters is 1. The second-order valence-electron chi connectivity index (χ2n) is 5.91. The van der Waals surface area contributed by atoms with E-state index in [4.69, 9.17) is 10.5 Å². The maximum atomic E-state index is 12.3. The van der Waals surface area contributed by atoms with Crippen LogP contribution in [0.5, 0.6) is 0 Å². The molecule has 21 heavy (non-hydrogen) atoms. The van der Waals surface area contributed by atoms with E-state index < -0.39 is 5.54 Å². The van der Waals surface area contributed by atoms with E-state index in [1.54, 1.807) is 0 Å². The molecule has 1 fully saturated rings. The molecule has 1 aliphatic rings. The maximum absolute atomic E-state index is 12.3. The van der Waals surface area contributed by atoms with E-state index in [-0.39, 0.29) is 5.97 Å². The Morgan fingerprint density at radius 2 is 2.05 bits per heavy atom. The largest absolute Gasteiger partial charge is 0.467 e. The summed E-state index contributed by atoms with van der Waals surface area (Å²) in [6.07, 6.45) is 0. The van der Waals surface area contributed by atoms with Crippen LogP contribution in [-0.2, 0) is 15.1 Å². The summed E-state index contributed by atoms with van der Waals surface area (Å²) < 4.78 is 4.97. The zero-order valence-corrected chi connectivity index (χ0v) is 13.1. The lowest BCUT2D eigenvalue weighted by molar-refractivity contribution is -0.148. The second kappa shape index (κ2) is 6.56. The predicted octanol–water partition coefficient (Wildman–Crippen LogP) is 0.650. The second-order valence-corrected chi connectivity index (χ2v) is 5.91. The first kappa shape index (κ1) is 15.9. The first-order valence-electron chi connectivity index (χ1n) is 7.33. The molecular formula is C16H25N3O2. The first-order chi connectivity index (χ1) is 9.97. The van der Waals surface area contributed by atoms with Gasteiger partial charge in [0.15, 0.2) is 5.54 Å². The van der Waals surface area contributed by atoms with E-state index in [2.05, 4.69) is 23.8 Å². The van der Waals surface area contributed by atoms with Gasteiger partial charge in [0.2, 0.25) is 0 Å². The molecule has 1 aromatic rings.